The number of unbranched alkanes of at least 4 members (excludes halogenated alkanes) is 1. The second-order valence-electron chi connectivity index (χ2n) is 7.06. The van der Waals surface area contributed by atoms with Crippen LogP contribution in [0.25, 0.3) is 10.2 Å². The molecule has 1 aromatic heterocycles. The summed E-state index contributed by atoms with van der Waals surface area (Å²) in [6.45, 7) is 1.55. The highest BCUT2D eigenvalue weighted by atomic mass is 32.1. The third-order valence-electron chi connectivity index (χ3n) is 5.01. The van der Waals surface area contributed by atoms with E-state index >= 15 is 0 Å². The van der Waals surface area contributed by atoms with Crippen molar-refractivity contribution in [2.45, 2.75) is 51.4 Å². The lowest BCUT2D eigenvalue weighted by atomic mass is 9.93. The van der Waals surface area contributed by atoms with Crippen LogP contribution in [0.1, 0.15) is 50.0 Å². The van der Waals surface area contributed by atoms with Crippen LogP contribution in [0.5, 0.6) is 0 Å². The molecule has 1 N–H and O–H groups in total. The number of rotatable bonds is 8. The first-order valence-corrected chi connectivity index (χ1v) is 10.3. The first kappa shape index (κ1) is 18.8. The number of aliphatic carboxylic acids is 1. The van der Waals surface area contributed by atoms with Crippen LogP contribution in [0.4, 0.5) is 0 Å². The van der Waals surface area contributed by atoms with E-state index in [4.69, 9.17) is 5.11 Å². The summed E-state index contributed by atoms with van der Waals surface area (Å²) in [7, 11) is 0. The van der Waals surface area contributed by atoms with Crippen molar-refractivity contribution in [1.82, 2.24) is 9.88 Å². The van der Waals surface area contributed by atoms with Crippen LogP contribution in [0, 0.1) is 5.92 Å². The van der Waals surface area contributed by atoms with Crippen LogP contribution < -0.4 is 0 Å². The minimum Gasteiger partial charge on any atom is -0.481 e. The number of hydrogen-bond donors (Lipinski definition) is 1. The van der Waals surface area contributed by atoms with E-state index in [0.717, 1.165) is 55.7 Å². The normalized spacial score (nSPS) is 17.5. The Labute approximate surface area is 158 Å². The number of fused-ring (bicyclic) bond motifs is 1. The minimum atomic E-state index is -0.747. The highest BCUT2D eigenvalue weighted by Gasteiger charge is 2.23. The molecular formula is C20H26N2O3S. The molecule has 2 aromatic rings. The van der Waals surface area contributed by atoms with Crippen LogP contribution in [-0.4, -0.2) is 40.0 Å². The molecule has 5 nitrogen and oxygen atoms in total. The van der Waals surface area contributed by atoms with E-state index in [1.807, 2.05) is 23.1 Å². The molecule has 1 aliphatic rings. The number of nitrogens with zero attached hydrogens (tertiary/aromatic N) is 2. The Morgan fingerprint density at radius 3 is 2.88 bits per heavy atom. The fourth-order valence-electron chi connectivity index (χ4n) is 3.59. The van der Waals surface area contributed by atoms with Gasteiger partial charge in [0.15, 0.2) is 0 Å². The number of carboxylic acid groups (broad SMARTS) is 1. The molecule has 0 radical (unpaired) electrons. The first-order chi connectivity index (χ1) is 12.6. The molecule has 1 amide bonds. The van der Waals surface area contributed by atoms with E-state index in [1.54, 1.807) is 11.3 Å². The van der Waals surface area contributed by atoms with Crippen molar-refractivity contribution in [2.24, 2.45) is 5.92 Å². The van der Waals surface area contributed by atoms with Gasteiger partial charge >= 0.3 is 5.97 Å². The zero-order chi connectivity index (χ0) is 18.4. The summed E-state index contributed by atoms with van der Waals surface area (Å²) in [6, 6.07) is 8.17. The minimum absolute atomic E-state index is 0.203. The van der Waals surface area contributed by atoms with Gasteiger partial charge in [-0.1, -0.05) is 12.1 Å². The number of carbonyl (C=O) groups is 2. The van der Waals surface area contributed by atoms with E-state index < -0.39 is 5.97 Å². The molecule has 0 unspecified atom stereocenters. The molecule has 0 spiro atoms. The number of piperidine rings is 1. The third-order valence-corrected chi connectivity index (χ3v) is 6.10. The SMILES string of the molecule is O=C(O)CC[C@@H]1CCCN(C(=O)CCCCc2nc3ccccc3s2)C1. The molecule has 0 saturated carbocycles. The second-order valence-corrected chi connectivity index (χ2v) is 8.18. The van der Waals surface area contributed by atoms with Gasteiger partial charge in [-0.15, -0.1) is 11.3 Å². The van der Waals surface area contributed by atoms with Gasteiger partial charge in [0.05, 0.1) is 15.2 Å². The number of para-hydroxylation sites is 1. The Morgan fingerprint density at radius 2 is 2.08 bits per heavy atom. The summed E-state index contributed by atoms with van der Waals surface area (Å²) in [4.78, 5) is 29.7. The molecule has 3 rings (SSSR count). The molecule has 2 heterocycles. The predicted molar refractivity (Wildman–Crippen MR) is 103 cm³/mol. The standard InChI is InChI=1S/C20H26N2O3S/c23-19(22-13-5-6-15(14-22)11-12-20(24)25)10-4-3-9-18-21-16-7-1-2-8-17(16)26-18/h1-2,7-8,15H,3-6,9-14H2,(H,24,25)/t15-/m0/s1. The topological polar surface area (TPSA) is 70.5 Å². The van der Waals surface area contributed by atoms with Crippen LogP contribution in [0.15, 0.2) is 24.3 Å². The van der Waals surface area contributed by atoms with Crippen molar-refractivity contribution in [2.75, 3.05) is 13.1 Å². The van der Waals surface area contributed by atoms with Crippen molar-refractivity contribution < 1.29 is 14.7 Å². The lowest BCUT2D eigenvalue weighted by molar-refractivity contribution is -0.137. The van der Waals surface area contributed by atoms with Gasteiger partial charge in [-0.3, -0.25) is 9.59 Å². The van der Waals surface area contributed by atoms with Gasteiger partial charge in [-0.05, 0) is 56.6 Å². The number of likely N-dealkylation sites (tertiary alicyclic amines) is 1. The van der Waals surface area contributed by atoms with Crippen molar-refractivity contribution in [3.8, 4) is 0 Å². The number of amides is 1. The van der Waals surface area contributed by atoms with Gasteiger partial charge in [0.25, 0.3) is 0 Å². The monoisotopic (exact) mass is 374 g/mol. The van der Waals surface area contributed by atoms with E-state index in [2.05, 4.69) is 11.1 Å². The average molecular weight is 375 g/mol. The molecule has 0 bridgehead atoms. The summed E-state index contributed by atoms with van der Waals surface area (Å²) in [5.74, 6) is -0.191. The quantitative estimate of drug-likeness (QED) is 0.706. The number of aromatic nitrogens is 1. The number of benzene rings is 1. The second kappa shape index (κ2) is 9.12. The number of thiazole rings is 1. The van der Waals surface area contributed by atoms with Gasteiger partial charge in [0.2, 0.25) is 5.91 Å². The van der Waals surface area contributed by atoms with Crippen LogP contribution >= 0.6 is 11.3 Å². The smallest absolute Gasteiger partial charge is 0.303 e. The molecule has 1 saturated heterocycles. The molecular weight excluding hydrogens is 348 g/mol. The molecule has 1 aromatic carbocycles. The van der Waals surface area contributed by atoms with Crippen LogP contribution in [0.2, 0.25) is 0 Å². The van der Waals surface area contributed by atoms with E-state index in [-0.39, 0.29) is 12.3 Å². The van der Waals surface area contributed by atoms with Crippen molar-refractivity contribution >= 4 is 33.4 Å². The molecule has 0 aliphatic carbocycles. The summed E-state index contributed by atoms with van der Waals surface area (Å²) in [5.41, 5.74) is 1.06. The maximum atomic E-state index is 12.4. The fourth-order valence-corrected chi connectivity index (χ4v) is 4.60. The molecule has 26 heavy (non-hydrogen) atoms. The highest BCUT2D eigenvalue weighted by molar-refractivity contribution is 7.18. The molecule has 140 valence electrons. The first-order valence-electron chi connectivity index (χ1n) is 9.46. The largest absolute Gasteiger partial charge is 0.481 e. The van der Waals surface area contributed by atoms with Gasteiger partial charge in [-0.25, -0.2) is 4.98 Å². The van der Waals surface area contributed by atoms with E-state index in [9.17, 15) is 9.59 Å². The number of carbonyl (C=O) groups excluding carboxylic acids is 1. The van der Waals surface area contributed by atoms with E-state index in [0.29, 0.717) is 18.8 Å². The van der Waals surface area contributed by atoms with Crippen molar-refractivity contribution in [3.05, 3.63) is 29.3 Å². The highest BCUT2D eigenvalue weighted by Crippen LogP contribution is 2.24. The fraction of sp³-hybridized carbons (Fsp3) is 0.550. The number of aryl methyl sites for hydroxylation is 1. The van der Waals surface area contributed by atoms with Gasteiger partial charge in [0, 0.05) is 25.9 Å². The Kier molecular flexibility index (Phi) is 6.61. The maximum absolute atomic E-state index is 12.4. The Balaban J connectivity index is 1.38. The zero-order valence-corrected chi connectivity index (χ0v) is 15.8. The lowest BCUT2D eigenvalue weighted by Crippen LogP contribution is -2.39. The van der Waals surface area contributed by atoms with Crippen LogP contribution in [-0.2, 0) is 16.0 Å². The summed E-state index contributed by atoms with van der Waals surface area (Å²) < 4.78 is 1.22. The molecule has 6 heteroatoms. The van der Waals surface area contributed by atoms with Crippen molar-refractivity contribution in [1.29, 1.82) is 0 Å². The average Bonchev–Trinajstić information content (AvgIpc) is 3.06. The van der Waals surface area contributed by atoms with Gasteiger partial charge in [0.1, 0.15) is 0 Å². The molecule has 1 atom stereocenters. The maximum Gasteiger partial charge on any atom is 0.303 e. The summed E-state index contributed by atoms with van der Waals surface area (Å²) >= 11 is 1.74. The van der Waals surface area contributed by atoms with Crippen molar-refractivity contribution in [3.63, 3.8) is 0 Å². The van der Waals surface area contributed by atoms with Crippen LogP contribution in [0.3, 0.4) is 0 Å². The third kappa shape index (κ3) is 5.27. The van der Waals surface area contributed by atoms with E-state index in [1.165, 1.54) is 4.70 Å². The summed E-state index contributed by atoms with van der Waals surface area (Å²) in [5, 5.41) is 9.96. The molecule has 1 aliphatic heterocycles. The van der Waals surface area contributed by atoms with Gasteiger partial charge in [-0.2, -0.15) is 0 Å². The number of carboxylic acids is 1. The Hall–Kier alpha value is -1.95. The summed E-state index contributed by atoms with van der Waals surface area (Å²) in [6.07, 6.45) is 6.26. The lowest BCUT2D eigenvalue weighted by Gasteiger charge is -2.32. The predicted octanol–water partition coefficient (Wildman–Crippen LogP) is 4.11. The van der Waals surface area contributed by atoms with Gasteiger partial charge < -0.3 is 10.0 Å². The molecule has 1 fully saturated rings. The zero-order valence-electron chi connectivity index (χ0n) is 15.0. The number of hydrogen-bond acceptors (Lipinski definition) is 4. The Bertz CT molecular complexity index is 725. The Morgan fingerprint density at radius 1 is 1.23 bits per heavy atom.